The molecular weight excluding hydrogens is 433 g/mol. The highest BCUT2D eigenvalue weighted by atomic mass is 32.2. The van der Waals surface area contributed by atoms with Crippen LogP contribution in [0.2, 0.25) is 0 Å². The van der Waals surface area contributed by atoms with Gasteiger partial charge in [-0.25, -0.2) is 12.8 Å². The van der Waals surface area contributed by atoms with E-state index in [1.807, 2.05) is 0 Å². The third-order valence-electron chi connectivity index (χ3n) is 4.62. The minimum Gasteiger partial charge on any atom is -0.359 e. The van der Waals surface area contributed by atoms with Gasteiger partial charge in [-0.05, 0) is 53.6 Å². The second-order valence-electron chi connectivity index (χ2n) is 6.99. The van der Waals surface area contributed by atoms with Gasteiger partial charge in [-0.3, -0.25) is 14.3 Å². The molecular formula is C23H22FN3O4S. The summed E-state index contributed by atoms with van der Waals surface area (Å²) in [5, 5.41) is 5.36. The van der Waals surface area contributed by atoms with E-state index in [0.29, 0.717) is 22.5 Å². The summed E-state index contributed by atoms with van der Waals surface area (Å²) in [7, 11) is -2.30. The van der Waals surface area contributed by atoms with E-state index in [9.17, 15) is 22.4 Å². The predicted molar refractivity (Wildman–Crippen MR) is 120 cm³/mol. The quantitative estimate of drug-likeness (QED) is 0.486. The van der Waals surface area contributed by atoms with Gasteiger partial charge >= 0.3 is 0 Å². The van der Waals surface area contributed by atoms with Crippen LogP contribution in [-0.2, 0) is 32.5 Å². The zero-order valence-corrected chi connectivity index (χ0v) is 18.1. The minimum atomic E-state index is -3.85. The van der Waals surface area contributed by atoms with E-state index in [2.05, 4.69) is 15.4 Å². The lowest BCUT2D eigenvalue weighted by Crippen LogP contribution is -2.21. The van der Waals surface area contributed by atoms with Crippen LogP contribution in [0.25, 0.3) is 0 Å². The Kier molecular flexibility index (Phi) is 7.21. The average Bonchev–Trinajstić information content (AvgIpc) is 2.76. The first-order valence-corrected chi connectivity index (χ1v) is 11.2. The summed E-state index contributed by atoms with van der Waals surface area (Å²) in [6.45, 7) is 0. The van der Waals surface area contributed by atoms with Crippen LogP contribution in [0.15, 0.2) is 77.7 Å². The number of carbonyl (C=O) groups excluding carboxylic acids is 2. The number of amides is 2. The molecule has 9 heteroatoms. The molecule has 0 aliphatic carbocycles. The van der Waals surface area contributed by atoms with Gasteiger partial charge in [-0.2, -0.15) is 0 Å². The Morgan fingerprint density at radius 3 is 2.16 bits per heavy atom. The van der Waals surface area contributed by atoms with Gasteiger partial charge in [-0.15, -0.1) is 0 Å². The van der Waals surface area contributed by atoms with Crippen molar-refractivity contribution in [2.45, 2.75) is 17.7 Å². The Labute approximate surface area is 185 Å². The Morgan fingerprint density at radius 2 is 1.50 bits per heavy atom. The van der Waals surface area contributed by atoms with E-state index in [-0.39, 0.29) is 29.6 Å². The first-order chi connectivity index (χ1) is 15.3. The van der Waals surface area contributed by atoms with Gasteiger partial charge in [0.2, 0.25) is 11.8 Å². The van der Waals surface area contributed by atoms with Crippen LogP contribution >= 0.6 is 0 Å². The van der Waals surface area contributed by atoms with E-state index < -0.39 is 15.8 Å². The Bertz CT molecular complexity index is 1210. The molecule has 0 unspecified atom stereocenters. The molecule has 32 heavy (non-hydrogen) atoms. The highest BCUT2D eigenvalue weighted by Gasteiger charge is 2.15. The smallest absolute Gasteiger partial charge is 0.261 e. The molecule has 0 radical (unpaired) electrons. The van der Waals surface area contributed by atoms with Crippen molar-refractivity contribution in [3.63, 3.8) is 0 Å². The molecule has 2 amide bonds. The topological polar surface area (TPSA) is 104 Å². The van der Waals surface area contributed by atoms with Crippen molar-refractivity contribution in [3.8, 4) is 0 Å². The highest BCUT2D eigenvalue weighted by Crippen LogP contribution is 2.19. The number of sulfonamides is 1. The number of para-hydroxylation sites is 1. The van der Waals surface area contributed by atoms with Gasteiger partial charge in [0.05, 0.1) is 17.7 Å². The number of rotatable bonds is 8. The van der Waals surface area contributed by atoms with Gasteiger partial charge in [0, 0.05) is 18.4 Å². The largest absolute Gasteiger partial charge is 0.359 e. The standard InChI is InChI=1S/C23H22FN3O4S/c1-25-22(28)15-17-4-2-3-5-21(17)26-23(29)14-16-6-10-19(11-7-16)27-32(30,31)20-12-8-18(24)9-13-20/h2-13,27H,14-15H2,1H3,(H,25,28)(H,26,29). The van der Waals surface area contributed by atoms with Gasteiger partial charge in [0.15, 0.2) is 0 Å². The predicted octanol–water partition coefficient (Wildman–Crippen LogP) is 3.10. The van der Waals surface area contributed by atoms with E-state index in [4.69, 9.17) is 0 Å². The number of nitrogens with one attached hydrogen (secondary N) is 3. The van der Waals surface area contributed by atoms with E-state index in [1.54, 1.807) is 55.6 Å². The van der Waals surface area contributed by atoms with Crippen LogP contribution in [0.1, 0.15) is 11.1 Å². The maximum absolute atomic E-state index is 13.0. The van der Waals surface area contributed by atoms with Crippen molar-refractivity contribution in [1.29, 1.82) is 0 Å². The van der Waals surface area contributed by atoms with Crippen LogP contribution in [0.4, 0.5) is 15.8 Å². The molecule has 0 spiro atoms. The third kappa shape index (κ3) is 6.14. The molecule has 0 aromatic heterocycles. The van der Waals surface area contributed by atoms with Crippen LogP contribution in [0.3, 0.4) is 0 Å². The number of hydrogen-bond donors (Lipinski definition) is 3. The zero-order chi connectivity index (χ0) is 23.1. The molecule has 3 rings (SSSR count). The number of likely N-dealkylation sites (N-methyl/N-ethyl adjacent to an activating group) is 1. The highest BCUT2D eigenvalue weighted by molar-refractivity contribution is 7.92. The summed E-state index contributed by atoms with van der Waals surface area (Å²) in [6, 6.07) is 17.9. The molecule has 3 aromatic carbocycles. The molecule has 0 atom stereocenters. The molecule has 0 fully saturated rings. The van der Waals surface area contributed by atoms with E-state index in [0.717, 1.165) is 12.1 Å². The summed E-state index contributed by atoms with van der Waals surface area (Å²) in [6.07, 6.45) is 0.217. The maximum Gasteiger partial charge on any atom is 0.261 e. The van der Waals surface area contributed by atoms with Crippen molar-refractivity contribution in [3.05, 3.63) is 89.7 Å². The summed E-state index contributed by atoms with van der Waals surface area (Å²) >= 11 is 0. The number of carbonyl (C=O) groups is 2. The number of halogens is 1. The van der Waals surface area contributed by atoms with Crippen LogP contribution in [-0.4, -0.2) is 27.3 Å². The Morgan fingerprint density at radius 1 is 0.844 bits per heavy atom. The lowest BCUT2D eigenvalue weighted by molar-refractivity contribution is -0.120. The van der Waals surface area contributed by atoms with Crippen molar-refractivity contribution < 1.29 is 22.4 Å². The van der Waals surface area contributed by atoms with Crippen LogP contribution in [0, 0.1) is 5.82 Å². The van der Waals surface area contributed by atoms with Crippen molar-refractivity contribution >= 4 is 33.2 Å². The van der Waals surface area contributed by atoms with E-state index >= 15 is 0 Å². The Hall–Kier alpha value is -3.72. The van der Waals surface area contributed by atoms with Crippen molar-refractivity contribution in [2.75, 3.05) is 17.1 Å². The number of anilines is 2. The second-order valence-corrected chi connectivity index (χ2v) is 8.67. The molecule has 3 N–H and O–H groups in total. The fraction of sp³-hybridized carbons (Fsp3) is 0.130. The zero-order valence-electron chi connectivity index (χ0n) is 17.3. The summed E-state index contributed by atoms with van der Waals surface area (Å²) < 4.78 is 40.2. The normalized spacial score (nSPS) is 10.9. The molecule has 0 aliphatic rings. The fourth-order valence-electron chi connectivity index (χ4n) is 2.96. The Balaban J connectivity index is 1.63. The van der Waals surface area contributed by atoms with Crippen molar-refractivity contribution in [2.24, 2.45) is 0 Å². The molecule has 3 aromatic rings. The van der Waals surface area contributed by atoms with Gasteiger partial charge in [0.25, 0.3) is 10.0 Å². The number of benzene rings is 3. The molecule has 0 saturated carbocycles. The van der Waals surface area contributed by atoms with Gasteiger partial charge in [0.1, 0.15) is 5.82 Å². The average molecular weight is 456 g/mol. The van der Waals surface area contributed by atoms with Gasteiger partial charge in [-0.1, -0.05) is 30.3 Å². The molecule has 0 heterocycles. The summed E-state index contributed by atoms with van der Waals surface area (Å²) in [5.41, 5.74) is 2.25. The molecule has 0 bridgehead atoms. The lowest BCUT2D eigenvalue weighted by Gasteiger charge is -2.11. The van der Waals surface area contributed by atoms with Crippen LogP contribution in [0.5, 0.6) is 0 Å². The van der Waals surface area contributed by atoms with E-state index in [1.165, 1.54) is 12.1 Å². The first-order valence-electron chi connectivity index (χ1n) is 9.72. The molecule has 0 aliphatic heterocycles. The first kappa shape index (κ1) is 23.0. The third-order valence-corrected chi connectivity index (χ3v) is 6.01. The molecule has 0 saturated heterocycles. The monoisotopic (exact) mass is 455 g/mol. The summed E-state index contributed by atoms with van der Waals surface area (Å²) in [4.78, 5) is 24.1. The molecule has 166 valence electrons. The fourth-order valence-corrected chi connectivity index (χ4v) is 4.01. The minimum absolute atomic E-state index is 0.0576. The second kappa shape index (κ2) is 10.1. The SMILES string of the molecule is CNC(=O)Cc1ccccc1NC(=O)Cc1ccc(NS(=O)(=O)c2ccc(F)cc2)cc1. The number of hydrogen-bond acceptors (Lipinski definition) is 4. The lowest BCUT2D eigenvalue weighted by atomic mass is 10.1. The summed E-state index contributed by atoms with van der Waals surface area (Å²) in [5.74, 6) is -0.956. The molecule has 7 nitrogen and oxygen atoms in total. The van der Waals surface area contributed by atoms with Crippen molar-refractivity contribution in [1.82, 2.24) is 5.32 Å². The van der Waals surface area contributed by atoms with Crippen LogP contribution < -0.4 is 15.4 Å². The van der Waals surface area contributed by atoms with Gasteiger partial charge < -0.3 is 10.6 Å². The maximum atomic E-state index is 13.0.